The lowest BCUT2D eigenvalue weighted by molar-refractivity contribution is -0.141. The molecule has 2 aromatic heterocycles. The molecule has 6 nitrogen and oxygen atoms in total. The van der Waals surface area contributed by atoms with Crippen molar-refractivity contribution in [2.45, 2.75) is 26.1 Å². The van der Waals surface area contributed by atoms with Crippen LogP contribution in [0.25, 0.3) is 5.69 Å². The molecule has 0 aliphatic carbocycles. The van der Waals surface area contributed by atoms with Gasteiger partial charge in [-0.2, -0.15) is 18.3 Å². The minimum absolute atomic E-state index is 0.118. The number of halogens is 4. The molecule has 28 heavy (non-hydrogen) atoms. The molecule has 0 aliphatic rings. The number of nitrogens with zero attached hydrogens (tertiary/aromatic N) is 4. The molecule has 0 saturated heterocycles. The van der Waals surface area contributed by atoms with Crippen LogP contribution in [0.5, 0.6) is 0 Å². The van der Waals surface area contributed by atoms with E-state index in [9.17, 15) is 18.0 Å². The summed E-state index contributed by atoms with van der Waals surface area (Å²) in [5.74, 6) is -0.223. The number of hydrogen-bond acceptors (Lipinski definition) is 4. The van der Waals surface area contributed by atoms with Crippen molar-refractivity contribution in [3.8, 4) is 5.69 Å². The second kappa shape index (κ2) is 7.97. The molecule has 0 radical (unpaired) electrons. The maximum Gasteiger partial charge on any atom is 0.435 e. The number of rotatable bonds is 5. The van der Waals surface area contributed by atoms with Crippen LogP contribution in [0.3, 0.4) is 0 Å². The molecular formula is C18H15ClF3N5O. The zero-order chi connectivity index (χ0) is 20.3. The minimum Gasteiger partial charge on any atom is -0.350 e. The van der Waals surface area contributed by atoms with Crippen LogP contribution in [0.1, 0.15) is 22.6 Å². The SMILES string of the molecule is Cc1cc(C(F)(F)F)nn1-c1ccc(CC(=O)NCc2cnc(Cl)cn2)cc1. The normalized spacial score (nSPS) is 11.5. The van der Waals surface area contributed by atoms with E-state index in [0.29, 0.717) is 22.6 Å². The Hall–Kier alpha value is -2.94. The number of hydrogen-bond donors (Lipinski definition) is 1. The first-order valence-electron chi connectivity index (χ1n) is 8.18. The topological polar surface area (TPSA) is 72.7 Å². The van der Waals surface area contributed by atoms with Crippen LogP contribution in [0.2, 0.25) is 5.15 Å². The van der Waals surface area contributed by atoms with Gasteiger partial charge >= 0.3 is 6.18 Å². The highest BCUT2D eigenvalue weighted by molar-refractivity contribution is 6.29. The summed E-state index contributed by atoms with van der Waals surface area (Å²) in [7, 11) is 0. The van der Waals surface area contributed by atoms with E-state index in [1.165, 1.54) is 17.1 Å². The number of benzene rings is 1. The first kappa shape index (κ1) is 19.8. The predicted octanol–water partition coefficient (Wildman–Crippen LogP) is 3.50. The van der Waals surface area contributed by atoms with Gasteiger partial charge in [-0.25, -0.2) is 9.67 Å². The molecule has 0 bridgehead atoms. The maximum absolute atomic E-state index is 12.8. The van der Waals surface area contributed by atoms with Crippen molar-refractivity contribution >= 4 is 17.5 Å². The average Bonchev–Trinajstić information content (AvgIpc) is 3.04. The molecule has 0 aliphatic heterocycles. The summed E-state index contributed by atoms with van der Waals surface area (Å²) in [6.07, 6.45) is -1.52. The highest BCUT2D eigenvalue weighted by Crippen LogP contribution is 2.29. The number of amides is 1. The summed E-state index contributed by atoms with van der Waals surface area (Å²) in [6.45, 7) is 1.76. The third-order valence-electron chi connectivity index (χ3n) is 3.86. The fraction of sp³-hybridized carbons (Fsp3) is 0.222. The Morgan fingerprint density at radius 2 is 1.89 bits per heavy atom. The van der Waals surface area contributed by atoms with Gasteiger partial charge < -0.3 is 5.32 Å². The smallest absolute Gasteiger partial charge is 0.350 e. The second-order valence-electron chi connectivity index (χ2n) is 6.03. The summed E-state index contributed by atoms with van der Waals surface area (Å²) in [5.41, 5.74) is 1.18. The van der Waals surface area contributed by atoms with E-state index < -0.39 is 11.9 Å². The van der Waals surface area contributed by atoms with Gasteiger partial charge in [-0.05, 0) is 30.7 Å². The van der Waals surface area contributed by atoms with Crippen LogP contribution >= 0.6 is 11.6 Å². The van der Waals surface area contributed by atoms with Crippen LogP contribution in [-0.4, -0.2) is 25.7 Å². The molecule has 0 spiro atoms. The molecule has 3 aromatic rings. The molecule has 3 rings (SSSR count). The lowest BCUT2D eigenvalue weighted by atomic mass is 10.1. The first-order chi connectivity index (χ1) is 13.2. The monoisotopic (exact) mass is 409 g/mol. The maximum atomic E-state index is 12.8. The molecule has 0 atom stereocenters. The molecule has 146 valence electrons. The van der Waals surface area contributed by atoms with E-state index in [-0.39, 0.29) is 24.0 Å². The molecule has 1 N–H and O–H groups in total. The molecular weight excluding hydrogens is 395 g/mol. The third-order valence-corrected chi connectivity index (χ3v) is 4.06. The van der Waals surface area contributed by atoms with Gasteiger partial charge in [-0.15, -0.1) is 0 Å². The van der Waals surface area contributed by atoms with Gasteiger partial charge in [0.05, 0.1) is 36.7 Å². The Bertz CT molecular complexity index is 968. The van der Waals surface area contributed by atoms with Crippen molar-refractivity contribution in [1.29, 1.82) is 0 Å². The molecule has 1 aromatic carbocycles. The van der Waals surface area contributed by atoms with E-state index >= 15 is 0 Å². The third kappa shape index (κ3) is 4.86. The fourth-order valence-corrected chi connectivity index (χ4v) is 2.59. The lowest BCUT2D eigenvalue weighted by Gasteiger charge is -2.07. The van der Waals surface area contributed by atoms with Crippen molar-refractivity contribution in [3.05, 3.63) is 70.5 Å². The highest BCUT2D eigenvalue weighted by atomic mass is 35.5. The van der Waals surface area contributed by atoms with E-state index in [1.54, 1.807) is 31.2 Å². The minimum atomic E-state index is -4.50. The zero-order valence-corrected chi connectivity index (χ0v) is 15.4. The van der Waals surface area contributed by atoms with Gasteiger partial charge in [0.2, 0.25) is 5.91 Å². The summed E-state index contributed by atoms with van der Waals surface area (Å²) < 4.78 is 39.6. The Kier molecular flexibility index (Phi) is 5.64. The van der Waals surface area contributed by atoms with Gasteiger partial charge in [0.1, 0.15) is 5.15 Å². The van der Waals surface area contributed by atoms with Gasteiger partial charge in [0, 0.05) is 5.69 Å². The Morgan fingerprint density at radius 1 is 1.18 bits per heavy atom. The van der Waals surface area contributed by atoms with Gasteiger partial charge in [0.25, 0.3) is 0 Å². The number of alkyl halides is 3. The number of aryl methyl sites for hydroxylation is 1. The molecule has 0 fully saturated rings. The summed E-state index contributed by atoms with van der Waals surface area (Å²) in [5, 5.41) is 6.58. The second-order valence-corrected chi connectivity index (χ2v) is 6.42. The van der Waals surface area contributed by atoms with Gasteiger partial charge in [0.15, 0.2) is 5.69 Å². The Balaban J connectivity index is 1.62. The van der Waals surface area contributed by atoms with E-state index in [0.717, 1.165) is 6.07 Å². The highest BCUT2D eigenvalue weighted by Gasteiger charge is 2.34. The van der Waals surface area contributed by atoms with Crippen molar-refractivity contribution in [2.75, 3.05) is 0 Å². The van der Waals surface area contributed by atoms with E-state index in [1.807, 2.05) is 0 Å². The summed E-state index contributed by atoms with van der Waals surface area (Å²) in [6, 6.07) is 7.57. The predicted molar refractivity (Wildman–Crippen MR) is 95.9 cm³/mol. The largest absolute Gasteiger partial charge is 0.435 e. The molecule has 10 heteroatoms. The quantitative estimate of drug-likeness (QED) is 0.700. The summed E-state index contributed by atoms with van der Waals surface area (Å²) in [4.78, 5) is 20.0. The van der Waals surface area contributed by atoms with Crippen LogP contribution < -0.4 is 5.32 Å². The number of carbonyl (C=O) groups is 1. The van der Waals surface area contributed by atoms with Crippen LogP contribution in [0.15, 0.2) is 42.7 Å². The van der Waals surface area contributed by atoms with Gasteiger partial charge in [-0.1, -0.05) is 23.7 Å². The van der Waals surface area contributed by atoms with E-state index in [4.69, 9.17) is 11.6 Å². The van der Waals surface area contributed by atoms with Crippen molar-refractivity contribution in [2.24, 2.45) is 0 Å². The van der Waals surface area contributed by atoms with Crippen LogP contribution in [0.4, 0.5) is 13.2 Å². The summed E-state index contributed by atoms with van der Waals surface area (Å²) >= 11 is 5.65. The number of nitrogens with one attached hydrogen (secondary N) is 1. The standard InChI is InChI=1S/C18H15ClF3N5O/c1-11-6-15(18(20,21)22)26-27(11)14-4-2-12(3-5-14)7-17(28)25-9-13-8-24-16(19)10-23-13/h2-6,8,10H,7,9H2,1H3,(H,25,28). The first-order valence-corrected chi connectivity index (χ1v) is 8.56. The fourth-order valence-electron chi connectivity index (χ4n) is 2.50. The van der Waals surface area contributed by atoms with Crippen molar-refractivity contribution in [3.63, 3.8) is 0 Å². The molecule has 0 unspecified atom stereocenters. The van der Waals surface area contributed by atoms with E-state index in [2.05, 4.69) is 20.4 Å². The molecule has 1 amide bonds. The number of aromatic nitrogens is 4. The number of carbonyl (C=O) groups excluding carboxylic acids is 1. The van der Waals surface area contributed by atoms with Crippen LogP contribution in [-0.2, 0) is 23.9 Å². The zero-order valence-electron chi connectivity index (χ0n) is 14.7. The molecule has 0 saturated carbocycles. The Morgan fingerprint density at radius 3 is 2.46 bits per heavy atom. The van der Waals surface area contributed by atoms with Crippen molar-refractivity contribution < 1.29 is 18.0 Å². The lowest BCUT2D eigenvalue weighted by Crippen LogP contribution is -2.25. The van der Waals surface area contributed by atoms with Gasteiger partial charge in [-0.3, -0.25) is 9.78 Å². The van der Waals surface area contributed by atoms with Crippen molar-refractivity contribution in [1.82, 2.24) is 25.1 Å². The Labute approximate surface area is 163 Å². The van der Waals surface area contributed by atoms with Crippen LogP contribution in [0, 0.1) is 6.92 Å². The average molecular weight is 410 g/mol. The molecule has 2 heterocycles.